The number of hydrogen-bond acceptors (Lipinski definition) is 5. The topological polar surface area (TPSA) is 42.9 Å². The number of benzene rings is 1. The van der Waals surface area contributed by atoms with Gasteiger partial charge in [0.2, 0.25) is 5.78 Å². The van der Waals surface area contributed by atoms with Crippen LogP contribution in [-0.4, -0.2) is 15.4 Å². The van der Waals surface area contributed by atoms with Crippen molar-refractivity contribution in [2.24, 2.45) is 0 Å². The second-order valence-corrected chi connectivity index (χ2v) is 5.94. The summed E-state index contributed by atoms with van der Waals surface area (Å²) in [5, 5.41) is 7.20. The van der Waals surface area contributed by atoms with Crippen LogP contribution < -0.4 is 0 Å². The third-order valence-corrected chi connectivity index (χ3v) is 4.70. The Hall–Kier alpha value is -1.59. The van der Waals surface area contributed by atoms with Gasteiger partial charge in [-0.1, -0.05) is 30.0 Å². The average molecular weight is 288 g/mol. The van der Waals surface area contributed by atoms with Gasteiger partial charge in [0.25, 0.3) is 0 Å². The molecule has 1 aromatic carbocycles. The molecule has 0 bridgehead atoms. The summed E-state index contributed by atoms with van der Waals surface area (Å²) in [4.78, 5) is 13.3. The number of aromatic nitrogens is 2. The minimum atomic E-state index is 0.0477. The first-order valence-electron chi connectivity index (χ1n) is 6.13. The molecule has 5 heteroatoms. The molecule has 96 valence electrons. The highest BCUT2D eigenvalue weighted by molar-refractivity contribution is 7.17. The highest BCUT2D eigenvalue weighted by Gasteiger charge is 2.19. The molecule has 2 heterocycles. The summed E-state index contributed by atoms with van der Waals surface area (Å²) in [7, 11) is 0. The van der Waals surface area contributed by atoms with Gasteiger partial charge < -0.3 is 0 Å². The number of ketones is 1. The summed E-state index contributed by atoms with van der Waals surface area (Å²) in [5.41, 5.74) is 1.59. The van der Waals surface area contributed by atoms with Crippen LogP contribution in [0, 0.1) is 0 Å². The second kappa shape index (κ2) is 5.19. The van der Waals surface area contributed by atoms with Gasteiger partial charge >= 0.3 is 0 Å². The summed E-state index contributed by atoms with van der Waals surface area (Å²) < 4.78 is 4.97. The minimum Gasteiger partial charge on any atom is -0.288 e. The van der Waals surface area contributed by atoms with Crippen molar-refractivity contribution in [2.75, 3.05) is 0 Å². The summed E-state index contributed by atoms with van der Waals surface area (Å²) >= 11 is 2.80. The van der Waals surface area contributed by atoms with Crippen molar-refractivity contribution in [2.45, 2.75) is 19.8 Å². The predicted molar refractivity (Wildman–Crippen MR) is 79.2 cm³/mol. The third-order valence-electron chi connectivity index (χ3n) is 2.97. The van der Waals surface area contributed by atoms with Gasteiger partial charge in [-0.05, 0) is 40.9 Å². The van der Waals surface area contributed by atoms with Crippen molar-refractivity contribution in [3.63, 3.8) is 0 Å². The molecule has 0 aliphatic carbocycles. The lowest BCUT2D eigenvalue weighted by atomic mass is 10.1. The van der Waals surface area contributed by atoms with Gasteiger partial charge in [-0.25, -0.2) is 0 Å². The quantitative estimate of drug-likeness (QED) is 0.683. The number of carbonyl (C=O) groups is 1. The Morgan fingerprint density at radius 2 is 2.21 bits per heavy atom. The molecule has 0 amide bonds. The summed E-state index contributed by atoms with van der Waals surface area (Å²) in [6.07, 6.45) is 1.77. The van der Waals surface area contributed by atoms with Gasteiger partial charge in [0.15, 0.2) is 0 Å². The van der Waals surface area contributed by atoms with Crippen LogP contribution in [0.15, 0.2) is 29.6 Å². The van der Waals surface area contributed by atoms with E-state index in [-0.39, 0.29) is 5.78 Å². The van der Waals surface area contributed by atoms with E-state index >= 15 is 0 Å². The Bertz CT molecular complexity index is 730. The van der Waals surface area contributed by atoms with E-state index in [1.807, 2.05) is 29.6 Å². The number of carbonyl (C=O) groups excluding carboxylic acids is 1. The molecule has 0 spiro atoms. The third kappa shape index (κ3) is 2.19. The number of aryl methyl sites for hydroxylation is 1. The standard InChI is InChI=1S/C14H12N2OS2/c1-2-4-11-14(19-16-15-11)12(17)10-6-3-5-9-7-8-18-13(9)10/h3,5-8H,2,4H2,1H3. The molecule has 2 aromatic heterocycles. The van der Waals surface area contributed by atoms with E-state index in [0.29, 0.717) is 4.88 Å². The van der Waals surface area contributed by atoms with Crippen LogP contribution in [0.3, 0.4) is 0 Å². The first-order chi connectivity index (χ1) is 9.31. The van der Waals surface area contributed by atoms with Crippen LogP contribution in [0.1, 0.15) is 34.3 Å². The molecule has 0 aliphatic heterocycles. The lowest BCUT2D eigenvalue weighted by molar-refractivity contribution is 0.104. The number of rotatable bonds is 4. The van der Waals surface area contributed by atoms with E-state index in [1.54, 1.807) is 11.3 Å². The van der Waals surface area contributed by atoms with E-state index in [1.165, 1.54) is 11.5 Å². The normalized spacial score (nSPS) is 11.0. The maximum Gasteiger partial charge on any atom is 0.207 e. The lowest BCUT2D eigenvalue weighted by Gasteiger charge is -2.01. The molecule has 0 radical (unpaired) electrons. The largest absolute Gasteiger partial charge is 0.288 e. The predicted octanol–water partition coefficient (Wildman–Crippen LogP) is 3.94. The number of hydrogen-bond donors (Lipinski definition) is 0. The SMILES string of the molecule is CCCc1nnsc1C(=O)c1cccc2ccsc12. The first-order valence-corrected chi connectivity index (χ1v) is 7.78. The Morgan fingerprint density at radius 1 is 1.32 bits per heavy atom. The maximum atomic E-state index is 12.7. The van der Waals surface area contributed by atoms with Gasteiger partial charge in [0.1, 0.15) is 4.88 Å². The highest BCUT2D eigenvalue weighted by Crippen LogP contribution is 2.28. The van der Waals surface area contributed by atoms with Crippen molar-refractivity contribution < 1.29 is 4.79 Å². The van der Waals surface area contributed by atoms with Gasteiger partial charge in [-0.15, -0.1) is 16.4 Å². The van der Waals surface area contributed by atoms with Crippen LogP contribution in [0.5, 0.6) is 0 Å². The maximum absolute atomic E-state index is 12.7. The molecule has 0 saturated heterocycles. The van der Waals surface area contributed by atoms with Crippen LogP contribution in [-0.2, 0) is 6.42 Å². The Morgan fingerprint density at radius 3 is 3.05 bits per heavy atom. The Kier molecular flexibility index (Phi) is 3.40. The van der Waals surface area contributed by atoms with Crippen LogP contribution >= 0.6 is 22.9 Å². The molecular formula is C14H12N2OS2. The lowest BCUT2D eigenvalue weighted by Crippen LogP contribution is -2.03. The fourth-order valence-electron chi connectivity index (χ4n) is 2.08. The minimum absolute atomic E-state index is 0.0477. The Balaban J connectivity index is 2.08. The van der Waals surface area contributed by atoms with Crippen molar-refractivity contribution in [1.29, 1.82) is 0 Å². The zero-order valence-electron chi connectivity index (χ0n) is 10.4. The van der Waals surface area contributed by atoms with E-state index in [9.17, 15) is 4.79 Å². The molecule has 19 heavy (non-hydrogen) atoms. The summed E-state index contributed by atoms with van der Waals surface area (Å²) in [6, 6.07) is 7.88. The van der Waals surface area contributed by atoms with Crippen LogP contribution in [0.4, 0.5) is 0 Å². The number of thiophene rings is 1. The van der Waals surface area contributed by atoms with E-state index in [4.69, 9.17) is 0 Å². The highest BCUT2D eigenvalue weighted by atomic mass is 32.1. The molecule has 3 rings (SSSR count). The van der Waals surface area contributed by atoms with Crippen molar-refractivity contribution in [3.05, 3.63) is 45.8 Å². The monoisotopic (exact) mass is 288 g/mol. The molecule has 3 nitrogen and oxygen atoms in total. The molecule has 0 saturated carbocycles. The molecule has 0 atom stereocenters. The van der Waals surface area contributed by atoms with Crippen LogP contribution in [0.25, 0.3) is 10.1 Å². The molecular weight excluding hydrogens is 276 g/mol. The van der Waals surface area contributed by atoms with E-state index in [2.05, 4.69) is 16.5 Å². The molecule has 3 aromatic rings. The van der Waals surface area contributed by atoms with Crippen molar-refractivity contribution in [3.8, 4) is 0 Å². The fraction of sp³-hybridized carbons (Fsp3) is 0.214. The van der Waals surface area contributed by atoms with Gasteiger partial charge in [0.05, 0.1) is 5.69 Å². The summed E-state index contributed by atoms with van der Waals surface area (Å²) in [5.74, 6) is 0.0477. The zero-order chi connectivity index (χ0) is 13.2. The van der Waals surface area contributed by atoms with Gasteiger partial charge in [-0.3, -0.25) is 4.79 Å². The summed E-state index contributed by atoms with van der Waals surface area (Å²) in [6.45, 7) is 2.08. The van der Waals surface area contributed by atoms with Crippen molar-refractivity contribution in [1.82, 2.24) is 9.59 Å². The van der Waals surface area contributed by atoms with E-state index in [0.717, 1.165) is 34.2 Å². The molecule has 0 unspecified atom stereocenters. The van der Waals surface area contributed by atoms with Crippen molar-refractivity contribution >= 4 is 38.7 Å². The zero-order valence-corrected chi connectivity index (χ0v) is 12.1. The number of nitrogens with zero attached hydrogens (tertiary/aromatic N) is 2. The average Bonchev–Trinajstić information content (AvgIpc) is 3.06. The smallest absolute Gasteiger partial charge is 0.207 e. The molecule has 0 aliphatic rings. The van der Waals surface area contributed by atoms with Gasteiger partial charge in [0, 0.05) is 10.3 Å². The van der Waals surface area contributed by atoms with Gasteiger partial charge in [-0.2, -0.15) is 0 Å². The second-order valence-electron chi connectivity index (χ2n) is 4.27. The molecule has 0 fully saturated rings. The fourth-order valence-corrected chi connectivity index (χ4v) is 3.65. The molecule has 0 N–H and O–H groups in total. The van der Waals surface area contributed by atoms with Crippen LogP contribution in [0.2, 0.25) is 0 Å². The number of fused-ring (bicyclic) bond motifs is 1. The first kappa shape index (κ1) is 12.4. The Labute approximate surface area is 119 Å². The van der Waals surface area contributed by atoms with E-state index < -0.39 is 0 Å².